The van der Waals surface area contributed by atoms with Gasteiger partial charge >= 0.3 is 0 Å². The summed E-state index contributed by atoms with van der Waals surface area (Å²) < 4.78 is 37.4. The molecule has 0 fully saturated rings. The Morgan fingerprint density at radius 3 is 1.21 bits per heavy atom. The number of nitrogen functional groups attached to an aromatic ring is 2. The van der Waals surface area contributed by atoms with E-state index >= 15 is 0 Å². The highest BCUT2D eigenvalue weighted by Gasteiger charge is 2.18. The normalized spacial score (nSPS) is 11.2. The molecule has 4 aromatic rings. The molecule has 0 atom stereocenters. The lowest BCUT2D eigenvalue weighted by atomic mass is 10.3. The van der Waals surface area contributed by atoms with Crippen LogP contribution in [0.1, 0.15) is 0 Å². The van der Waals surface area contributed by atoms with Gasteiger partial charge in [0.15, 0.2) is 0 Å². The Balaban J connectivity index is 1.49. The number of hydrogen-bond donors (Lipinski definition) is 2. The van der Waals surface area contributed by atoms with Crippen LogP contribution in [-0.2, 0) is 9.84 Å². The van der Waals surface area contributed by atoms with Gasteiger partial charge in [-0.25, -0.2) is 8.42 Å². The van der Waals surface area contributed by atoms with E-state index in [0.29, 0.717) is 44.4 Å². The van der Waals surface area contributed by atoms with Gasteiger partial charge in [0, 0.05) is 12.1 Å². The molecule has 6 nitrogen and oxygen atoms in total. The highest BCUT2D eigenvalue weighted by molar-refractivity contribution is 7.91. The number of hydrogen-bond acceptors (Lipinski definition) is 6. The number of benzene rings is 4. The van der Waals surface area contributed by atoms with Gasteiger partial charge in [0.2, 0.25) is 9.84 Å². The maximum Gasteiger partial charge on any atom is 0.206 e. The van der Waals surface area contributed by atoms with Crippen molar-refractivity contribution in [3.8, 4) is 23.0 Å². The van der Waals surface area contributed by atoms with E-state index in [4.69, 9.17) is 44.1 Å². The predicted octanol–water partition coefficient (Wildman–Crippen LogP) is 6.58. The predicted molar refractivity (Wildman–Crippen MR) is 130 cm³/mol. The number of rotatable bonds is 6. The second kappa shape index (κ2) is 9.23. The molecule has 0 heterocycles. The number of nitrogens with two attached hydrogens (primary N) is 2. The number of ether oxygens (including phenoxy) is 2. The Morgan fingerprint density at radius 1 is 0.545 bits per heavy atom. The van der Waals surface area contributed by atoms with Crippen LogP contribution in [0, 0.1) is 0 Å². The van der Waals surface area contributed by atoms with Crippen molar-refractivity contribution in [1.82, 2.24) is 0 Å². The monoisotopic (exact) mass is 500 g/mol. The summed E-state index contributed by atoms with van der Waals surface area (Å²) in [5.74, 6) is 1.90. The molecule has 0 unspecified atom stereocenters. The fourth-order valence-corrected chi connectivity index (χ4v) is 4.53. The van der Waals surface area contributed by atoms with Gasteiger partial charge in [-0.15, -0.1) is 0 Å². The third kappa shape index (κ3) is 5.17. The van der Waals surface area contributed by atoms with Gasteiger partial charge in [-0.1, -0.05) is 23.2 Å². The van der Waals surface area contributed by atoms with Crippen LogP contribution in [0.15, 0.2) is 94.7 Å². The minimum Gasteiger partial charge on any atom is -0.457 e. The minimum absolute atomic E-state index is 0.129. The Hall–Kier alpha value is -3.39. The maximum atomic E-state index is 13.0. The molecule has 4 N–H and O–H groups in total. The van der Waals surface area contributed by atoms with Crippen molar-refractivity contribution in [2.75, 3.05) is 11.5 Å². The second-order valence-electron chi connectivity index (χ2n) is 7.02. The Morgan fingerprint density at radius 2 is 0.879 bits per heavy atom. The van der Waals surface area contributed by atoms with Gasteiger partial charge in [-0.3, -0.25) is 0 Å². The van der Waals surface area contributed by atoms with E-state index in [1.807, 2.05) is 0 Å². The van der Waals surface area contributed by atoms with Crippen molar-refractivity contribution in [3.05, 3.63) is 95.0 Å². The molecule has 0 aromatic heterocycles. The second-order valence-corrected chi connectivity index (χ2v) is 9.78. The number of halogens is 2. The third-order valence-corrected chi connectivity index (χ3v) is 7.12. The molecule has 0 spiro atoms. The molecule has 0 amide bonds. The quantitative estimate of drug-likeness (QED) is 0.290. The molecule has 0 aliphatic heterocycles. The first-order valence-electron chi connectivity index (χ1n) is 9.63. The molecule has 0 aliphatic rings. The van der Waals surface area contributed by atoms with Gasteiger partial charge in [0.1, 0.15) is 23.0 Å². The van der Waals surface area contributed by atoms with E-state index in [2.05, 4.69) is 0 Å². The summed E-state index contributed by atoms with van der Waals surface area (Å²) in [5, 5.41) is 0.747. The molecule has 0 saturated heterocycles. The topological polar surface area (TPSA) is 105 Å². The molecule has 168 valence electrons. The zero-order valence-corrected chi connectivity index (χ0v) is 19.4. The summed E-state index contributed by atoms with van der Waals surface area (Å²) in [6, 6.07) is 22.0. The van der Waals surface area contributed by atoms with E-state index < -0.39 is 9.84 Å². The molecular formula is C24H18Cl2N2O4S. The lowest BCUT2D eigenvalue weighted by molar-refractivity contribution is 0.482. The standard InChI is InChI=1S/C24H18Cl2N2O4S/c25-21-13-17(5-11-23(21)27)31-15-1-7-19(8-2-15)33(29,30)20-9-3-16(4-10-20)32-18-6-12-24(28)22(26)14-18/h1-14H,27-28H2. The van der Waals surface area contributed by atoms with Gasteiger partial charge in [-0.05, 0) is 72.8 Å². The molecule has 0 bridgehead atoms. The molecule has 4 rings (SSSR count). The summed E-state index contributed by atoms with van der Waals surface area (Å²) in [6.07, 6.45) is 0. The molecule has 33 heavy (non-hydrogen) atoms. The lowest BCUT2D eigenvalue weighted by Gasteiger charge is -2.10. The molecule has 0 aliphatic carbocycles. The van der Waals surface area contributed by atoms with Gasteiger partial charge in [0.05, 0.1) is 31.2 Å². The van der Waals surface area contributed by atoms with Crippen molar-refractivity contribution >= 4 is 44.4 Å². The van der Waals surface area contributed by atoms with Gasteiger partial charge in [0.25, 0.3) is 0 Å². The molecule has 0 radical (unpaired) electrons. The summed E-state index contributed by atoms with van der Waals surface area (Å²) in [4.78, 5) is 0.258. The van der Waals surface area contributed by atoms with Crippen LogP contribution in [-0.4, -0.2) is 8.42 Å². The third-order valence-electron chi connectivity index (χ3n) is 4.68. The maximum absolute atomic E-state index is 13.0. The van der Waals surface area contributed by atoms with E-state index in [1.165, 1.54) is 24.3 Å². The fourth-order valence-electron chi connectivity index (χ4n) is 2.92. The lowest BCUT2D eigenvalue weighted by Crippen LogP contribution is -2.02. The van der Waals surface area contributed by atoms with Crippen LogP contribution < -0.4 is 20.9 Å². The number of sulfone groups is 1. The highest BCUT2D eigenvalue weighted by atomic mass is 35.5. The molecule has 9 heteroatoms. The van der Waals surface area contributed by atoms with E-state index in [-0.39, 0.29) is 9.79 Å². The van der Waals surface area contributed by atoms with Crippen LogP contribution in [0.5, 0.6) is 23.0 Å². The zero-order chi connectivity index (χ0) is 23.6. The van der Waals surface area contributed by atoms with Crippen LogP contribution in [0.2, 0.25) is 10.0 Å². The molecule has 4 aromatic carbocycles. The highest BCUT2D eigenvalue weighted by Crippen LogP contribution is 2.31. The smallest absolute Gasteiger partial charge is 0.206 e. The van der Waals surface area contributed by atoms with Crippen molar-refractivity contribution < 1.29 is 17.9 Å². The van der Waals surface area contributed by atoms with Crippen LogP contribution >= 0.6 is 23.2 Å². The van der Waals surface area contributed by atoms with Crippen molar-refractivity contribution in [2.24, 2.45) is 0 Å². The SMILES string of the molecule is Nc1ccc(Oc2ccc(S(=O)(=O)c3ccc(Oc4ccc(N)c(Cl)c4)cc3)cc2)cc1Cl. The summed E-state index contributed by atoms with van der Waals surface area (Å²) >= 11 is 12.0. The molecule has 0 saturated carbocycles. The van der Waals surface area contributed by atoms with Crippen LogP contribution in [0.4, 0.5) is 11.4 Å². The van der Waals surface area contributed by atoms with Crippen molar-refractivity contribution in [2.45, 2.75) is 9.79 Å². The van der Waals surface area contributed by atoms with Crippen LogP contribution in [0.3, 0.4) is 0 Å². The Kier molecular flexibility index (Phi) is 6.37. The van der Waals surface area contributed by atoms with Crippen molar-refractivity contribution in [3.63, 3.8) is 0 Å². The minimum atomic E-state index is -3.73. The summed E-state index contributed by atoms with van der Waals surface area (Å²) in [7, 11) is -3.73. The Labute approximate surface area is 201 Å². The molecular weight excluding hydrogens is 483 g/mol. The summed E-state index contributed by atoms with van der Waals surface area (Å²) in [5.41, 5.74) is 12.3. The zero-order valence-electron chi connectivity index (χ0n) is 17.0. The van der Waals surface area contributed by atoms with Gasteiger partial charge < -0.3 is 20.9 Å². The van der Waals surface area contributed by atoms with E-state index in [0.717, 1.165) is 0 Å². The van der Waals surface area contributed by atoms with Crippen LogP contribution in [0.25, 0.3) is 0 Å². The average molecular weight is 501 g/mol. The first-order chi connectivity index (χ1) is 15.7. The first-order valence-corrected chi connectivity index (χ1v) is 11.9. The van der Waals surface area contributed by atoms with Crippen molar-refractivity contribution in [1.29, 1.82) is 0 Å². The Bertz CT molecular complexity index is 1300. The van der Waals surface area contributed by atoms with E-state index in [1.54, 1.807) is 60.7 Å². The van der Waals surface area contributed by atoms with Gasteiger partial charge in [-0.2, -0.15) is 0 Å². The van der Waals surface area contributed by atoms with E-state index in [9.17, 15) is 8.42 Å². The largest absolute Gasteiger partial charge is 0.457 e. The fraction of sp³-hybridized carbons (Fsp3) is 0. The average Bonchev–Trinajstić information content (AvgIpc) is 2.80. The first kappa shape index (κ1) is 22.8. The number of anilines is 2. The summed E-state index contributed by atoms with van der Waals surface area (Å²) in [6.45, 7) is 0.